The van der Waals surface area contributed by atoms with Gasteiger partial charge in [0.05, 0.1) is 27.3 Å². The van der Waals surface area contributed by atoms with E-state index in [4.69, 9.17) is 11.6 Å². The Kier molecular flexibility index (Phi) is 6.18. The monoisotopic (exact) mass is 562 g/mol. The molecule has 4 aromatic rings. The molecule has 0 saturated heterocycles. The zero-order chi connectivity index (χ0) is 28.4. The number of benzene rings is 1. The maximum Gasteiger partial charge on any atom is 0.237 e. The van der Waals surface area contributed by atoms with E-state index in [0.717, 1.165) is 19.3 Å². The third-order valence-corrected chi connectivity index (χ3v) is 8.21. The number of aromatic nitrogens is 5. The van der Waals surface area contributed by atoms with E-state index in [0.29, 0.717) is 56.6 Å². The van der Waals surface area contributed by atoms with Gasteiger partial charge in [-0.2, -0.15) is 14.0 Å². The maximum absolute atomic E-state index is 16.0. The third kappa shape index (κ3) is 4.42. The van der Waals surface area contributed by atoms with Crippen molar-refractivity contribution in [2.24, 2.45) is 11.3 Å². The first-order valence-corrected chi connectivity index (χ1v) is 13.6. The predicted octanol–water partition coefficient (Wildman–Crippen LogP) is 6.50. The van der Waals surface area contributed by atoms with Gasteiger partial charge in [-0.1, -0.05) is 43.7 Å². The Morgan fingerprint density at radius 1 is 1.23 bits per heavy atom. The minimum Gasteiger partial charge on any atom is -0.383 e. The Morgan fingerprint density at radius 3 is 2.60 bits per heavy atom. The van der Waals surface area contributed by atoms with Crippen LogP contribution >= 0.6 is 11.6 Å². The minimum atomic E-state index is -0.833. The van der Waals surface area contributed by atoms with Gasteiger partial charge in [0.2, 0.25) is 11.9 Å². The molecule has 40 heavy (non-hydrogen) atoms. The number of anilines is 2. The van der Waals surface area contributed by atoms with Crippen molar-refractivity contribution in [3.05, 3.63) is 69.9 Å². The molecule has 0 radical (unpaired) electrons. The highest BCUT2D eigenvalue weighted by atomic mass is 35.5. The van der Waals surface area contributed by atoms with Crippen LogP contribution in [-0.2, 0) is 5.54 Å². The van der Waals surface area contributed by atoms with Crippen molar-refractivity contribution in [2.75, 3.05) is 17.2 Å². The molecule has 1 aromatic carbocycles. The molecular formula is C29H29ClF2N8. The molecule has 206 valence electrons. The number of nitrogens with zero attached hydrogens (tertiary/aromatic N) is 6. The molecule has 2 bridgehead atoms. The fourth-order valence-corrected chi connectivity index (χ4v) is 6.00. The summed E-state index contributed by atoms with van der Waals surface area (Å²) in [4.78, 5) is 8.39. The van der Waals surface area contributed by atoms with Gasteiger partial charge in [-0.25, -0.2) is 9.67 Å². The Bertz CT molecular complexity index is 1670. The van der Waals surface area contributed by atoms with E-state index < -0.39 is 17.9 Å². The zero-order valence-corrected chi connectivity index (χ0v) is 23.4. The highest BCUT2D eigenvalue weighted by molar-refractivity contribution is 6.35. The number of fused-ring (bicyclic) bond motifs is 1. The second-order valence-electron chi connectivity index (χ2n) is 12.2. The van der Waals surface area contributed by atoms with Crippen molar-refractivity contribution in [3.63, 3.8) is 0 Å². The summed E-state index contributed by atoms with van der Waals surface area (Å²) in [5.41, 5.74) is 2.76. The number of aryl methyl sites for hydroxylation is 1. The summed E-state index contributed by atoms with van der Waals surface area (Å²) in [6.07, 6.45) is 4.21. The summed E-state index contributed by atoms with van der Waals surface area (Å²) in [6, 6.07) is 7.70. The molecule has 3 aliphatic carbocycles. The number of pyridine rings is 2. The highest BCUT2D eigenvalue weighted by Crippen LogP contribution is 2.62. The van der Waals surface area contributed by atoms with Crippen LogP contribution in [0.2, 0.25) is 5.02 Å². The standard InChI is InChI=1S/C29H29ClF2N8/c1-15-19(5-6-22(31)36-15)25(26-27(32)40(39-38-26)29-9-16(10-29)11-29)37-18-7-20-23(35-14-28(2,3)4)17(12-33)13-34-24(20)21(30)8-18/h5-8,13,16,25,37H,9-11,14H2,1-4H3,(H,34,35). The average molecular weight is 563 g/mol. The molecule has 3 saturated carbocycles. The van der Waals surface area contributed by atoms with Crippen LogP contribution in [0.25, 0.3) is 10.9 Å². The van der Waals surface area contributed by atoms with E-state index in [2.05, 4.69) is 57.8 Å². The summed E-state index contributed by atoms with van der Waals surface area (Å²) in [6.45, 7) is 8.55. The molecule has 3 fully saturated rings. The van der Waals surface area contributed by atoms with Crippen LogP contribution in [-0.4, -0.2) is 31.5 Å². The first-order chi connectivity index (χ1) is 19.0. The smallest absolute Gasteiger partial charge is 0.237 e. The van der Waals surface area contributed by atoms with Crippen molar-refractivity contribution in [1.82, 2.24) is 25.0 Å². The quantitative estimate of drug-likeness (QED) is 0.248. The van der Waals surface area contributed by atoms with Crippen molar-refractivity contribution < 1.29 is 8.78 Å². The lowest BCUT2D eigenvalue weighted by Gasteiger charge is -2.60. The van der Waals surface area contributed by atoms with Crippen LogP contribution in [0.4, 0.5) is 20.2 Å². The Hall–Kier alpha value is -3.84. The predicted molar refractivity (Wildman–Crippen MR) is 149 cm³/mol. The van der Waals surface area contributed by atoms with E-state index in [1.165, 1.54) is 16.9 Å². The fourth-order valence-electron chi connectivity index (χ4n) is 5.73. The summed E-state index contributed by atoms with van der Waals surface area (Å²) < 4.78 is 31.3. The summed E-state index contributed by atoms with van der Waals surface area (Å²) in [5, 5.41) is 26.0. The van der Waals surface area contributed by atoms with Gasteiger partial charge in [0.25, 0.3) is 0 Å². The average Bonchev–Trinajstić information content (AvgIpc) is 3.19. The highest BCUT2D eigenvalue weighted by Gasteiger charge is 2.60. The summed E-state index contributed by atoms with van der Waals surface area (Å²) in [7, 11) is 0. The minimum absolute atomic E-state index is 0.0517. The van der Waals surface area contributed by atoms with Crippen LogP contribution in [0.5, 0.6) is 0 Å². The second kappa shape index (κ2) is 9.37. The SMILES string of the molecule is Cc1nc(F)ccc1C(Nc1cc(Cl)c2ncc(C#N)c(NCC(C)(C)C)c2c1)c1nnn(C23CC(C2)C3)c1F. The Morgan fingerprint density at radius 2 is 1.98 bits per heavy atom. The van der Waals surface area contributed by atoms with Crippen LogP contribution < -0.4 is 10.6 Å². The summed E-state index contributed by atoms with van der Waals surface area (Å²) in [5.74, 6) is -0.513. The number of hydrogen-bond donors (Lipinski definition) is 2. The van der Waals surface area contributed by atoms with E-state index in [9.17, 15) is 9.65 Å². The van der Waals surface area contributed by atoms with E-state index in [1.807, 2.05) is 6.07 Å². The molecule has 3 heterocycles. The lowest BCUT2D eigenvalue weighted by molar-refractivity contribution is -0.106. The van der Waals surface area contributed by atoms with Gasteiger partial charge in [0, 0.05) is 35.1 Å². The van der Waals surface area contributed by atoms with Gasteiger partial charge < -0.3 is 10.6 Å². The molecule has 0 spiro atoms. The van der Waals surface area contributed by atoms with Crippen LogP contribution in [0.3, 0.4) is 0 Å². The van der Waals surface area contributed by atoms with Gasteiger partial charge in [-0.15, -0.1) is 5.10 Å². The second-order valence-corrected chi connectivity index (χ2v) is 12.6. The number of nitrogens with one attached hydrogen (secondary N) is 2. The summed E-state index contributed by atoms with van der Waals surface area (Å²) >= 11 is 6.69. The number of hydrogen-bond acceptors (Lipinski definition) is 7. The van der Waals surface area contributed by atoms with Gasteiger partial charge in [0.1, 0.15) is 17.8 Å². The lowest BCUT2D eigenvalue weighted by atomic mass is 9.50. The normalized spacial score (nSPS) is 20.4. The van der Waals surface area contributed by atoms with E-state index in [1.54, 1.807) is 19.1 Å². The molecular weight excluding hydrogens is 534 g/mol. The van der Waals surface area contributed by atoms with Crippen molar-refractivity contribution in [1.29, 1.82) is 5.26 Å². The molecule has 1 unspecified atom stereocenters. The van der Waals surface area contributed by atoms with Crippen molar-refractivity contribution in [3.8, 4) is 6.07 Å². The van der Waals surface area contributed by atoms with Crippen LogP contribution in [0.15, 0.2) is 30.5 Å². The zero-order valence-electron chi connectivity index (χ0n) is 22.7. The Labute approximate surface area is 235 Å². The van der Waals surface area contributed by atoms with Gasteiger partial charge >= 0.3 is 0 Å². The molecule has 3 aromatic heterocycles. The molecule has 1 atom stereocenters. The molecule has 0 aliphatic heterocycles. The lowest BCUT2D eigenvalue weighted by Crippen LogP contribution is -2.60. The number of halogens is 3. The molecule has 2 N–H and O–H groups in total. The molecule has 0 amide bonds. The van der Waals surface area contributed by atoms with Crippen LogP contribution in [0, 0.1) is 41.5 Å². The van der Waals surface area contributed by atoms with E-state index in [-0.39, 0.29) is 16.6 Å². The molecule has 11 heteroatoms. The maximum atomic E-state index is 16.0. The Balaban J connectivity index is 1.45. The fraction of sp³-hybridized carbons (Fsp3) is 0.414. The van der Waals surface area contributed by atoms with Gasteiger partial charge in [-0.05, 0) is 55.7 Å². The largest absolute Gasteiger partial charge is 0.383 e. The van der Waals surface area contributed by atoms with Crippen molar-refractivity contribution >= 4 is 33.9 Å². The van der Waals surface area contributed by atoms with Crippen LogP contribution in [0.1, 0.15) is 68.6 Å². The van der Waals surface area contributed by atoms with Gasteiger partial charge in [0.15, 0.2) is 0 Å². The van der Waals surface area contributed by atoms with Crippen molar-refractivity contribution in [2.45, 2.75) is 58.5 Å². The first-order valence-electron chi connectivity index (χ1n) is 13.3. The number of nitriles is 1. The molecule has 7 rings (SSSR count). The first kappa shape index (κ1) is 26.4. The van der Waals surface area contributed by atoms with Gasteiger partial charge in [-0.3, -0.25) is 4.98 Å². The third-order valence-electron chi connectivity index (χ3n) is 7.92. The topological polar surface area (TPSA) is 104 Å². The number of rotatable bonds is 7. The van der Waals surface area contributed by atoms with E-state index >= 15 is 4.39 Å². The molecule has 3 aliphatic rings. The molecule has 8 nitrogen and oxygen atoms in total.